The Hall–Kier alpha value is -1.14. The average molecular weight is 372 g/mol. The van der Waals surface area contributed by atoms with E-state index in [-0.39, 0.29) is 6.42 Å². The Morgan fingerprint density at radius 3 is 1.77 bits per heavy atom. The van der Waals surface area contributed by atoms with Crippen molar-refractivity contribution in [1.82, 2.24) is 0 Å². The van der Waals surface area contributed by atoms with Gasteiger partial charge in [-0.3, -0.25) is 9.59 Å². The third kappa shape index (κ3) is 9.53. The first-order chi connectivity index (χ1) is 12.3. The third-order valence-electron chi connectivity index (χ3n) is 5.41. The first-order valence-corrected chi connectivity index (χ1v) is 10.4. The Morgan fingerprint density at radius 1 is 0.923 bits per heavy atom. The van der Waals surface area contributed by atoms with E-state index in [0.717, 1.165) is 19.3 Å². The number of amides is 1. The van der Waals surface area contributed by atoms with Crippen molar-refractivity contribution in [3.8, 4) is 0 Å². The molecule has 0 aliphatic heterocycles. The summed E-state index contributed by atoms with van der Waals surface area (Å²) in [4.78, 5) is 23.2. The van der Waals surface area contributed by atoms with Gasteiger partial charge in [0, 0.05) is 18.4 Å². The zero-order valence-corrected chi connectivity index (χ0v) is 16.8. The Bertz CT molecular complexity index is 404. The first kappa shape index (κ1) is 24.9. The number of hydrogen-bond acceptors (Lipinski definition) is 4. The second-order valence-electron chi connectivity index (χ2n) is 7.63. The molecule has 0 bridgehead atoms. The number of unbranched alkanes of at least 4 members (excludes halogenated alkanes) is 9. The van der Waals surface area contributed by atoms with Gasteiger partial charge in [0.15, 0.2) is 0 Å². The smallest absolute Gasteiger partial charge is 0.324 e. The van der Waals surface area contributed by atoms with Crippen molar-refractivity contribution in [3.05, 3.63) is 0 Å². The fourth-order valence-corrected chi connectivity index (χ4v) is 3.57. The summed E-state index contributed by atoms with van der Waals surface area (Å²) < 4.78 is 0. The van der Waals surface area contributed by atoms with E-state index in [1.807, 2.05) is 6.92 Å². The van der Waals surface area contributed by atoms with E-state index in [2.05, 4.69) is 6.92 Å². The van der Waals surface area contributed by atoms with Crippen LogP contribution in [0.1, 0.15) is 97.3 Å². The van der Waals surface area contributed by atoms with Gasteiger partial charge in [-0.05, 0) is 12.8 Å². The van der Waals surface area contributed by atoms with Gasteiger partial charge in [-0.15, -0.1) is 0 Å². The van der Waals surface area contributed by atoms with Crippen molar-refractivity contribution in [3.63, 3.8) is 0 Å². The monoisotopic (exact) mass is 371 g/mol. The quantitative estimate of drug-likeness (QED) is 0.291. The predicted octanol–water partition coefficient (Wildman–Crippen LogP) is 3.31. The summed E-state index contributed by atoms with van der Waals surface area (Å²) in [7, 11) is 0. The maximum atomic E-state index is 11.8. The van der Waals surface area contributed by atoms with Gasteiger partial charge >= 0.3 is 5.97 Å². The molecule has 0 saturated heterocycles. The SMILES string of the molecule is CCCCCCCCCCCCC(N)(C(=O)O)C(CC(N)=O)C(N)CC. The lowest BCUT2D eigenvalue weighted by molar-refractivity contribution is -0.147. The summed E-state index contributed by atoms with van der Waals surface area (Å²) in [5, 5.41) is 9.67. The minimum absolute atomic E-state index is 0.0877. The summed E-state index contributed by atoms with van der Waals surface area (Å²) in [6.45, 7) is 4.08. The van der Waals surface area contributed by atoms with Crippen molar-refractivity contribution < 1.29 is 14.7 Å². The molecule has 0 aromatic rings. The van der Waals surface area contributed by atoms with E-state index in [1.54, 1.807) is 0 Å². The summed E-state index contributed by atoms with van der Waals surface area (Å²) in [5.41, 5.74) is 16.1. The normalized spacial score (nSPS) is 16.0. The molecular weight excluding hydrogens is 330 g/mol. The molecule has 1 amide bonds. The summed E-state index contributed by atoms with van der Waals surface area (Å²) in [6.07, 6.45) is 12.5. The van der Waals surface area contributed by atoms with Gasteiger partial charge in [0.25, 0.3) is 0 Å². The van der Waals surface area contributed by atoms with Crippen LogP contribution in [-0.4, -0.2) is 28.6 Å². The molecular formula is C20H41N3O3. The molecule has 0 radical (unpaired) electrons. The first-order valence-electron chi connectivity index (χ1n) is 10.4. The highest BCUT2D eigenvalue weighted by molar-refractivity contribution is 5.81. The third-order valence-corrected chi connectivity index (χ3v) is 5.41. The topological polar surface area (TPSA) is 132 Å². The number of nitrogens with two attached hydrogens (primary N) is 3. The molecule has 0 aliphatic rings. The maximum Gasteiger partial charge on any atom is 0.324 e. The molecule has 0 rings (SSSR count). The van der Waals surface area contributed by atoms with Gasteiger partial charge in [-0.1, -0.05) is 78.1 Å². The van der Waals surface area contributed by atoms with Gasteiger partial charge in [0.05, 0.1) is 0 Å². The maximum absolute atomic E-state index is 11.8. The van der Waals surface area contributed by atoms with Crippen LogP contribution >= 0.6 is 0 Å². The molecule has 0 fully saturated rings. The standard InChI is InChI=1S/C20H41N3O3/c1-3-5-6-7-8-9-10-11-12-13-14-20(23,19(25)26)16(15-18(22)24)17(21)4-2/h16-17H,3-15,21,23H2,1-2H3,(H2,22,24)(H,25,26). The minimum atomic E-state index is -1.50. The molecule has 7 N–H and O–H groups in total. The van der Waals surface area contributed by atoms with E-state index >= 15 is 0 Å². The number of carbonyl (C=O) groups excluding carboxylic acids is 1. The molecule has 6 nitrogen and oxygen atoms in total. The van der Waals surface area contributed by atoms with E-state index in [4.69, 9.17) is 17.2 Å². The van der Waals surface area contributed by atoms with Gasteiger partial charge in [0.2, 0.25) is 5.91 Å². The van der Waals surface area contributed by atoms with Crippen molar-refractivity contribution in [1.29, 1.82) is 0 Å². The number of hydrogen-bond donors (Lipinski definition) is 4. The van der Waals surface area contributed by atoms with E-state index in [9.17, 15) is 14.7 Å². The highest BCUT2D eigenvalue weighted by atomic mass is 16.4. The summed E-state index contributed by atoms with van der Waals surface area (Å²) in [6, 6.07) is -0.452. The Kier molecular flexibility index (Phi) is 13.4. The van der Waals surface area contributed by atoms with Crippen LogP contribution in [0, 0.1) is 5.92 Å². The van der Waals surface area contributed by atoms with Gasteiger partial charge in [-0.2, -0.15) is 0 Å². The summed E-state index contributed by atoms with van der Waals surface area (Å²) >= 11 is 0. The van der Waals surface area contributed by atoms with Gasteiger partial charge < -0.3 is 22.3 Å². The second-order valence-corrected chi connectivity index (χ2v) is 7.63. The van der Waals surface area contributed by atoms with Crippen LogP contribution in [0.3, 0.4) is 0 Å². The highest BCUT2D eigenvalue weighted by Crippen LogP contribution is 2.29. The number of rotatable bonds is 17. The Labute approximate surface area is 159 Å². The molecule has 0 aromatic carbocycles. The van der Waals surface area contributed by atoms with Gasteiger partial charge in [0.1, 0.15) is 5.54 Å². The fraction of sp³-hybridized carbons (Fsp3) is 0.900. The minimum Gasteiger partial charge on any atom is -0.480 e. The zero-order chi connectivity index (χ0) is 20.0. The molecule has 3 atom stereocenters. The van der Waals surface area contributed by atoms with Gasteiger partial charge in [-0.25, -0.2) is 0 Å². The van der Waals surface area contributed by atoms with E-state index in [1.165, 1.54) is 44.9 Å². The van der Waals surface area contributed by atoms with Crippen LogP contribution in [0.4, 0.5) is 0 Å². The molecule has 6 heteroatoms. The lowest BCUT2D eigenvalue weighted by Crippen LogP contribution is -2.60. The molecule has 0 aromatic heterocycles. The summed E-state index contributed by atoms with van der Waals surface area (Å²) in [5.74, 6) is -2.29. The lowest BCUT2D eigenvalue weighted by Gasteiger charge is -2.36. The molecule has 0 heterocycles. The van der Waals surface area contributed by atoms with Crippen LogP contribution in [0.15, 0.2) is 0 Å². The molecule has 26 heavy (non-hydrogen) atoms. The molecule has 3 unspecified atom stereocenters. The predicted molar refractivity (Wildman–Crippen MR) is 107 cm³/mol. The van der Waals surface area contributed by atoms with Crippen LogP contribution in [0.5, 0.6) is 0 Å². The van der Waals surface area contributed by atoms with Crippen LogP contribution in [-0.2, 0) is 9.59 Å². The Morgan fingerprint density at radius 2 is 1.38 bits per heavy atom. The number of aliphatic carboxylic acids is 1. The lowest BCUT2D eigenvalue weighted by atomic mass is 9.74. The Balaban J connectivity index is 4.35. The van der Waals surface area contributed by atoms with Crippen molar-refractivity contribution in [2.24, 2.45) is 23.1 Å². The van der Waals surface area contributed by atoms with E-state index in [0.29, 0.717) is 12.8 Å². The zero-order valence-electron chi connectivity index (χ0n) is 16.8. The number of primary amides is 1. The molecule has 0 aliphatic carbocycles. The van der Waals surface area contributed by atoms with Crippen molar-refractivity contribution in [2.75, 3.05) is 0 Å². The van der Waals surface area contributed by atoms with Crippen molar-refractivity contribution >= 4 is 11.9 Å². The van der Waals surface area contributed by atoms with Crippen LogP contribution in [0.2, 0.25) is 0 Å². The number of carboxylic acid groups (broad SMARTS) is 1. The molecule has 154 valence electrons. The number of carbonyl (C=O) groups is 2. The highest BCUT2D eigenvalue weighted by Gasteiger charge is 2.44. The average Bonchev–Trinajstić information content (AvgIpc) is 2.60. The van der Waals surface area contributed by atoms with E-state index < -0.39 is 29.4 Å². The van der Waals surface area contributed by atoms with Crippen LogP contribution < -0.4 is 17.2 Å². The van der Waals surface area contributed by atoms with Crippen LogP contribution in [0.25, 0.3) is 0 Å². The second kappa shape index (κ2) is 14.0. The molecule has 0 spiro atoms. The van der Waals surface area contributed by atoms with Crippen molar-refractivity contribution in [2.45, 2.75) is 109 Å². The number of carboxylic acids is 1. The molecule has 0 saturated carbocycles. The largest absolute Gasteiger partial charge is 0.480 e. The fourth-order valence-electron chi connectivity index (χ4n) is 3.57.